The molecule has 1 heterocycles. The number of hydrogen-bond donors (Lipinski definition) is 5. The van der Waals surface area contributed by atoms with Crippen LogP contribution in [0.5, 0.6) is 0 Å². The number of ether oxygens (including phenoxy) is 1. The molecule has 2 unspecified atom stereocenters. The molecule has 2 atom stereocenters. The number of nitrogens with two attached hydrogens (primary N) is 1. The maximum atomic E-state index is 11.1. The van der Waals surface area contributed by atoms with Gasteiger partial charge in [-0.1, -0.05) is 123 Å². The highest BCUT2D eigenvalue weighted by atomic mass is 28.3. The van der Waals surface area contributed by atoms with E-state index < -0.39 is 36.2 Å². The number of benzene rings is 2. The molecule has 2 aliphatic carbocycles. The molecular weight excluding hydrogens is 1070 g/mol. The number of hydrogen-bond acceptors (Lipinski definition) is 16. The summed E-state index contributed by atoms with van der Waals surface area (Å²) in [5.41, 5.74) is 6.85. The van der Waals surface area contributed by atoms with Gasteiger partial charge in [-0.25, -0.2) is 9.59 Å². The molecule has 2 saturated carbocycles. The fourth-order valence-corrected chi connectivity index (χ4v) is 9.82. The zero-order valence-corrected chi connectivity index (χ0v) is 49.6. The lowest BCUT2D eigenvalue weighted by Gasteiger charge is -2.26. The first-order chi connectivity index (χ1) is 37.3. The number of carboxylic acids is 3. The van der Waals surface area contributed by atoms with Crippen LogP contribution < -0.4 is 5.73 Å². The van der Waals surface area contributed by atoms with Gasteiger partial charge in [0.2, 0.25) is 5.91 Å². The van der Waals surface area contributed by atoms with Crippen LogP contribution in [0.25, 0.3) is 0 Å². The maximum absolute atomic E-state index is 11.1. The predicted octanol–water partition coefficient (Wildman–Crippen LogP) is 9.05. The third-order valence-electron chi connectivity index (χ3n) is 11.7. The minimum atomic E-state index is -3.14. The van der Waals surface area contributed by atoms with Crippen molar-refractivity contribution < 1.29 is 91.2 Å². The number of aliphatic carboxylic acids is 1. The molecule has 0 radical (unpaired) electrons. The van der Waals surface area contributed by atoms with Crippen LogP contribution in [0.1, 0.15) is 180 Å². The van der Waals surface area contributed by atoms with E-state index in [9.17, 15) is 47.1 Å². The van der Waals surface area contributed by atoms with Gasteiger partial charge in [-0.2, -0.15) is 28.0 Å². The lowest BCUT2D eigenvalue weighted by molar-refractivity contribution is -0.193. The second-order valence-electron chi connectivity index (χ2n) is 18.4. The van der Waals surface area contributed by atoms with Gasteiger partial charge in [0.1, 0.15) is 12.6 Å². The number of methoxy groups -OCH3 is 1. The van der Waals surface area contributed by atoms with Crippen LogP contribution in [-0.4, -0.2) is 150 Å². The van der Waals surface area contributed by atoms with Gasteiger partial charge in [0, 0.05) is 67.0 Å². The molecule has 0 spiro atoms. The van der Waals surface area contributed by atoms with Crippen molar-refractivity contribution >= 4 is 91.4 Å². The van der Waals surface area contributed by atoms with Gasteiger partial charge in [0.15, 0.2) is 18.9 Å². The number of amides is 1. The molecule has 444 valence electrons. The van der Waals surface area contributed by atoms with Gasteiger partial charge < -0.3 is 36.1 Å². The third-order valence-corrected chi connectivity index (χ3v) is 17.1. The van der Waals surface area contributed by atoms with Crippen LogP contribution >= 0.6 is 0 Å². The van der Waals surface area contributed by atoms with Crippen LogP contribution in [0, 0.1) is 11.3 Å². The lowest BCUT2D eigenvalue weighted by atomic mass is 9.86. The molecule has 0 aromatic heterocycles. The number of aldehydes is 5. The minimum Gasteiger partial charge on any atom is -0.481 e. The monoisotopic (exact) mass is 1150 g/mol. The second-order valence-corrected chi connectivity index (χ2v) is 25.5. The molecular formula is C55H85F2N3O17Si2. The Hall–Kier alpha value is -6.69. The molecule has 2 aromatic rings. The van der Waals surface area contributed by atoms with Crippen molar-refractivity contribution in [2.75, 3.05) is 20.2 Å². The van der Waals surface area contributed by atoms with Gasteiger partial charge in [-0.3, -0.25) is 33.6 Å². The van der Waals surface area contributed by atoms with Crippen LogP contribution in [0.3, 0.4) is 0 Å². The summed E-state index contributed by atoms with van der Waals surface area (Å²) in [7, 11) is 1.40. The van der Waals surface area contributed by atoms with Gasteiger partial charge in [-0.15, -0.1) is 0 Å². The van der Waals surface area contributed by atoms with E-state index in [2.05, 4.69) is 40.4 Å². The van der Waals surface area contributed by atoms with Crippen molar-refractivity contribution in [2.24, 2.45) is 11.7 Å². The van der Waals surface area contributed by atoms with Crippen LogP contribution in [0.15, 0.2) is 36.4 Å². The number of carbonyl (C=O) groups is 9. The smallest absolute Gasteiger partial charge is 0.373 e. The van der Waals surface area contributed by atoms with Gasteiger partial charge in [0.25, 0.3) is 5.92 Å². The van der Waals surface area contributed by atoms with Crippen molar-refractivity contribution in [1.82, 2.24) is 4.90 Å². The second kappa shape index (κ2) is 52.0. The molecule has 5 rings (SSSR count). The molecule has 1 amide bonds. The highest BCUT2D eigenvalue weighted by Crippen LogP contribution is 2.32. The van der Waals surface area contributed by atoms with E-state index in [-0.39, 0.29) is 75.6 Å². The summed E-state index contributed by atoms with van der Waals surface area (Å²) in [6.45, 7) is 18.1. The number of alkyl halides is 2. The van der Waals surface area contributed by atoms with Crippen LogP contribution in [0.2, 0.25) is 37.3 Å². The molecule has 3 fully saturated rings. The molecule has 2 aromatic carbocycles. The Labute approximate surface area is 466 Å². The average molecular weight is 1150 g/mol. The van der Waals surface area contributed by atoms with E-state index in [1.807, 2.05) is 14.0 Å². The first-order valence-electron chi connectivity index (χ1n) is 25.9. The van der Waals surface area contributed by atoms with Crippen molar-refractivity contribution in [3.8, 4) is 0 Å². The number of rotatable bonds is 17. The highest BCUT2D eigenvalue weighted by molar-refractivity contribution is 6.59. The van der Waals surface area contributed by atoms with E-state index in [4.69, 9.17) is 55.2 Å². The molecule has 24 heteroatoms. The Morgan fingerprint density at radius 3 is 1.53 bits per heavy atom. The molecule has 3 aliphatic rings. The quantitative estimate of drug-likeness (QED) is 0.0426. The summed E-state index contributed by atoms with van der Waals surface area (Å²) in [4.78, 5) is 127. The summed E-state index contributed by atoms with van der Waals surface area (Å²) >= 11 is 0. The first kappa shape index (κ1) is 81.2. The fourth-order valence-electron chi connectivity index (χ4n) is 6.83. The highest BCUT2D eigenvalue weighted by Gasteiger charge is 2.30. The Morgan fingerprint density at radius 2 is 1.20 bits per heavy atom. The van der Waals surface area contributed by atoms with Crippen LogP contribution in [-0.2, 0) is 38.3 Å². The average Bonchev–Trinajstić information content (AvgIpc) is 4.30. The molecule has 20 nitrogen and oxygen atoms in total. The third kappa shape index (κ3) is 47.1. The van der Waals surface area contributed by atoms with Gasteiger partial charge >= 0.3 is 30.2 Å². The van der Waals surface area contributed by atoms with Crippen molar-refractivity contribution in [3.63, 3.8) is 0 Å². The summed E-state index contributed by atoms with van der Waals surface area (Å²) < 4.78 is 27.5. The largest absolute Gasteiger partial charge is 0.481 e. The van der Waals surface area contributed by atoms with E-state index in [0.717, 1.165) is 12.3 Å². The number of halogens is 2. The minimum absolute atomic E-state index is 0.0112. The summed E-state index contributed by atoms with van der Waals surface area (Å²) in [6.07, 6.45) is 20.4. The Balaban J connectivity index is -0.000000266. The van der Waals surface area contributed by atoms with E-state index in [0.29, 0.717) is 51.3 Å². The first-order valence-corrected chi connectivity index (χ1v) is 31.7. The van der Waals surface area contributed by atoms with Crippen LogP contribution in [0.4, 0.5) is 8.78 Å². The lowest BCUT2D eigenvalue weighted by Crippen LogP contribution is -2.37. The summed E-state index contributed by atoms with van der Waals surface area (Å²) in [5, 5.41) is 31.9. The van der Waals surface area contributed by atoms with Crippen molar-refractivity contribution in [2.45, 2.75) is 173 Å². The molecule has 79 heavy (non-hydrogen) atoms. The molecule has 0 bridgehead atoms. The van der Waals surface area contributed by atoms with E-state index in [1.165, 1.54) is 117 Å². The zero-order valence-electron chi connectivity index (χ0n) is 47.3. The number of nitrogens with one attached hydrogen (secondary N) is 1. The van der Waals surface area contributed by atoms with Crippen molar-refractivity contribution in [3.05, 3.63) is 69.8 Å². The molecule has 1 aliphatic heterocycles. The summed E-state index contributed by atoms with van der Waals surface area (Å²) in [5.74, 6) is -5.84. The number of nitrogens with zero attached hydrogens (tertiary/aromatic N) is 1. The zero-order chi connectivity index (χ0) is 61.9. The summed E-state index contributed by atoms with van der Waals surface area (Å²) in [6, 6.07) is 9.85. The maximum Gasteiger partial charge on any atom is 0.373 e. The topological polar surface area (TPSA) is 345 Å². The number of carboxylic acid groups (broad SMARTS) is 3. The standard InChI is InChI=1S/C10H22Si.2C9H6O4.C9H18O.C6H10N2O3.C4H12Si.C3H4F2O.C3H7N.2CO2/c1-3-9-11(2)10-7-5-4-6-8-10;10-4-6-1-2-8(9(12)13)7(3-6)5-11;10-4-6-1-2-7(5-11)8(3-6)9(12)13;1-3-8-4-6-9(10-2)7-5-8;7-4(3-5(9)10)6(11)8-1-2-8;1-4-5(2)3;1-3(4,5)2-6;1-2-3-4;2*2-1-3/h10-11H,3-9H2,1-2H3;2*1-5H,(H,12,13);8-9H,3-7H2,1-2H3;4H,1-3,7H2,(H,9,10);5H,4H2,1-3H3;2H,1H3;3-4H,2H2,1H3;;. The van der Waals surface area contributed by atoms with Gasteiger partial charge in [-0.05, 0) is 68.0 Å². The Kier molecular flexibility index (Phi) is 53.5. The van der Waals surface area contributed by atoms with Crippen molar-refractivity contribution in [1.29, 1.82) is 5.41 Å². The van der Waals surface area contributed by atoms with E-state index in [1.54, 1.807) is 18.9 Å². The Bertz CT molecular complexity index is 2110. The fraction of sp³-hybridized carbons (Fsp3) is 0.564. The SMILES string of the molecule is CC(F)(F)C=O.CCC1CCC(OC)CC1.CCC=N.CCC[SiH](C)C1CCCCC1.CC[SiH](C)C.NC(CC(=O)O)C(=O)N1CC1.O=C=O.O=C=O.O=Cc1ccc(C(=O)O)c(C=O)c1.O=Cc1ccc(C=O)c(C(=O)O)c1. The number of carbonyl (C=O) groups excluding carboxylic acids is 10. The molecule has 1 saturated heterocycles. The van der Waals surface area contributed by atoms with E-state index >= 15 is 0 Å². The Morgan fingerprint density at radius 1 is 0.759 bits per heavy atom. The number of aromatic carboxylic acids is 2. The van der Waals surface area contributed by atoms with Gasteiger partial charge in [0.05, 0.1) is 29.7 Å². The predicted molar refractivity (Wildman–Crippen MR) is 298 cm³/mol. The normalized spacial score (nSPS) is 15.1. The molecule has 6 N–H and O–H groups in total.